The summed E-state index contributed by atoms with van der Waals surface area (Å²) in [6.07, 6.45) is 3.19. The first-order valence-electron chi connectivity index (χ1n) is 8.39. The Morgan fingerprint density at radius 1 is 1.36 bits per heavy atom. The maximum atomic E-state index is 12.7. The van der Waals surface area contributed by atoms with Gasteiger partial charge in [-0.15, -0.1) is 0 Å². The van der Waals surface area contributed by atoms with Gasteiger partial charge in [0.25, 0.3) is 5.91 Å². The van der Waals surface area contributed by atoms with Crippen molar-refractivity contribution in [3.05, 3.63) is 29.8 Å². The summed E-state index contributed by atoms with van der Waals surface area (Å²) in [7, 11) is 2.08. The average molecular weight is 303 g/mol. The van der Waals surface area contributed by atoms with Gasteiger partial charge in [0.1, 0.15) is 0 Å². The van der Waals surface area contributed by atoms with Crippen molar-refractivity contribution in [2.75, 3.05) is 31.6 Å². The van der Waals surface area contributed by atoms with Gasteiger partial charge >= 0.3 is 0 Å². The zero-order chi connectivity index (χ0) is 16.1. The van der Waals surface area contributed by atoms with Gasteiger partial charge in [0.2, 0.25) is 0 Å². The minimum absolute atomic E-state index is 0.118. The summed E-state index contributed by atoms with van der Waals surface area (Å²) in [6, 6.07) is 8.13. The third-order valence-electron chi connectivity index (χ3n) is 4.63. The molecule has 2 unspecified atom stereocenters. The Kier molecular flexibility index (Phi) is 5.83. The molecule has 122 valence electrons. The molecule has 22 heavy (non-hydrogen) atoms. The van der Waals surface area contributed by atoms with Crippen LogP contribution in [0.5, 0.6) is 0 Å². The number of hydrogen-bond acceptors (Lipinski definition) is 3. The van der Waals surface area contributed by atoms with E-state index in [9.17, 15) is 4.79 Å². The van der Waals surface area contributed by atoms with Crippen LogP contribution in [0.4, 0.5) is 5.69 Å². The SMILES string of the molecule is CCCN(C)c1ccc(C(=O)N2CCC(C)CC2CN)cc1. The van der Waals surface area contributed by atoms with Crippen molar-refractivity contribution in [2.24, 2.45) is 11.7 Å². The maximum absolute atomic E-state index is 12.7. The summed E-state index contributed by atoms with van der Waals surface area (Å²) < 4.78 is 0. The number of anilines is 1. The fraction of sp³-hybridized carbons (Fsp3) is 0.611. The highest BCUT2D eigenvalue weighted by molar-refractivity contribution is 5.94. The third kappa shape index (κ3) is 3.80. The van der Waals surface area contributed by atoms with Crippen LogP contribution in [0.1, 0.15) is 43.5 Å². The van der Waals surface area contributed by atoms with E-state index in [1.165, 1.54) is 0 Å². The number of nitrogens with zero attached hydrogens (tertiary/aromatic N) is 2. The second kappa shape index (κ2) is 7.63. The second-order valence-corrected chi connectivity index (χ2v) is 6.49. The number of amides is 1. The lowest BCUT2D eigenvalue weighted by molar-refractivity contribution is 0.0573. The highest BCUT2D eigenvalue weighted by atomic mass is 16.2. The van der Waals surface area contributed by atoms with Gasteiger partial charge in [0.05, 0.1) is 0 Å². The third-order valence-corrected chi connectivity index (χ3v) is 4.63. The number of rotatable bonds is 5. The average Bonchev–Trinajstić information content (AvgIpc) is 2.54. The van der Waals surface area contributed by atoms with E-state index >= 15 is 0 Å². The summed E-state index contributed by atoms with van der Waals surface area (Å²) >= 11 is 0. The van der Waals surface area contributed by atoms with Gasteiger partial charge in [-0.2, -0.15) is 0 Å². The van der Waals surface area contributed by atoms with Gasteiger partial charge in [-0.05, 0) is 49.4 Å². The summed E-state index contributed by atoms with van der Waals surface area (Å²) in [5, 5.41) is 0. The topological polar surface area (TPSA) is 49.6 Å². The van der Waals surface area contributed by atoms with Crippen LogP contribution in [0.25, 0.3) is 0 Å². The van der Waals surface area contributed by atoms with Crippen LogP contribution < -0.4 is 10.6 Å². The molecule has 0 bridgehead atoms. The molecular weight excluding hydrogens is 274 g/mol. The summed E-state index contributed by atoms with van der Waals surface area (Å²) in [6.45, 7) is 6.79. The Morgan fingerprint density at radius 2 is 2.05 bits per heavy atom. The van der Waals surface area contributed by atoms with E-state index in [0.717, 1.165) is 43.6 Å². The molecule has 1 saturated heterocycles. The van der Waals surface area contributed by atoms with Crippen molar-refractivity contribution in [3.8, 4) is 0 Å². The van der Waals surface area contributed by atoms with Gasteiger partial charge in [-0.1, -0.05) is 13.8 Å². The molecule has 0 spiro atoms. The zero-order valence-corrected chi connectivity index (χ0v) is 14.1. The Labute approximate surface area is 134 Å². The molecule has 1 heterocycles. The number of piperidine rings is 1. The van der Waals surface area contributed by atoms with Crippen LogP contribution in [-0.2, 0) is 0 Å². The molecule has 0 aliphatic carbocycles. The van der Waals surface area contributed by atoms with E-state index < -0.39 is 0 Å². The van der Waals surface area contributed by atoms with E-state index in [1.54, 1.807) is 0 Å². The minimum Gasteiger partial charge on any atom is -0.375 e. The number of hydrogen-bond donors (Lipinski definition) is 1. The Bertz CT molecular complexity index is 486. The fourth-order valence-electron chi connectivity index (χ4n) is 3.23. The lowest BCUT2D eigenvalue weighted by Crippen LogP contribution is -2.49. The normalized spacial score (nSPS) is 21.7. The number of carbonyl (C=O) groups is 1. The van der Waals surface area contributed by atoms with Crippen molar-refractivity contribution in [1.29, 1.82) is 0 Å². The number of carbonyl (C=O) groups excluding carboxylic acids is 1. The van der Waals surface area contributed by atoms with Gasteiger partial charge in [-0.25, -0.2) is 0 Å². The largest absolute Gasteiger partial charge is 0.375 e. The van der Waals surface area contributed by atoms with Crippen LogP contribution in [0.15, 0.2) is 24.3 Å². The van der Waals surface area contributed by atoms with Crippen molar-refractivity contribution in [1.82, 2.24) is 4.90 Å². The molecule has 2 rings (SSSR count). The van der Waals surface area contributed by atoms with E-state index in [-0.39, 0.29) is 11.9 Å². The summed E-state index contributed by atoms with van der Waals surface area (Å²) in [5.41, 5.74) is 7.79. The molecule has 2 N–H and O–H groups in total. The molecular formula is C18H29N3O. The molecule has 0 saturated carbocycles. The molecule has 1 aromatic rings. The molecule has 1 aromatic carbocycles. The molecule has 0 radical (unpaired) electrons. The fourth-order valence-corrected chi connectivity index (χ4v) is 3.23. The van der Waals surface area contributed by atoms with Gasteiger partial charge in [0.15, 0.2) is 0 Å². The lowest BCUT2D eigenvalue weighted by Gasteiger charge is -2.38. The minimum atomic E-state index is 0.118. The number of nitrogens with two attached hydrogens (primary N) is 1. The first-order valence-corrected chi connectivity index (χ1v) is 8.39. The van der Waals surface area contributed by atoms with Crippen molar-refractivity contribution in [3.63, 3.8) is 0 Å². The van der Waals surface area contributed by atoms with Gasteiger partial charge < -0.3 is 15.5 Å². The maximum Gasteiger partial charge on any atom is 0.254 e. The van der Waals surface area contributed by atoms with E-state index in [2.05, 4.69) is 25.8 Å². The van der Waals surface area contributed by atoms with Crippen molar-refractivity contribution >= 4 is 11.6 Å². The second-order valence-electron chi connectivity index (χ2n) is 6.49. The first kappa shape index (κ1) is 16.8. The van der Waals surface area contributed by atoms with Gasteiger partial charge in [0, 0.05) is 44.0 Å². The monoisotopic (exact) mass is 303 g/mol. The Morgan fingerprint density at radius 3 is 2.64 bits per heavy atom. The van der Waals surface area contributed by atoms with E-state index in [1.807, 2.05) is 29.2 Å². The molecule has 1 aliphatic rings. The molecule has 1 fully saturated rings. The lowest BCUT2D eigenvalue weighted by atomic mass is 9.92. The molecule has 4 nitrogen and oxygen atoms in total. The molecule has 2 atom stereocenters. The number of likely N-dealkylation sites (tertiary alicyclic amines) is 1. The van der Waals surface area contributed by atoms with Crippen LogP contribution in [0.2, 0.25) is 0 Å². The summed E-state index contributed by atoms with van der Waals surface area (Å²) in [5.74, 6) is 0.773. The van der Waals surface area contributed by atoms with Crippen LogP contribution >= 0.6 is 0 Å². The van der Waals surface area contributed by atoms with Crippen LogP contribution in [0.3, 0.4) is 0 Å². The van der Waals surface area contributed by atoms with Crippen molar-refractivity contribution < 1.29 is 4.79 Å². The molecule has 1 aliphatic heterocycles. The predicted molar refractivity (Wildman–Crippen MR) is 92.3 cm³/mol. The quantitative estimate of drug-likeness (QED) is 0.910. The zero-order valence-electron chi connectivity index (χ0n) is 14.1. The van der Waals surface area contributed by atoms with E-state index in [0.29, 0.717) is 12.5 Å². The van der Waals surface area contributed by atoms with E-state index in [4.69, 9.17) is 5.73 Å². The standard InChI is InChI=1S/C18H29N3O/c1-4-10-20(3)16-7-5-15(6-8-16)18(22)21-11-9-14(2)12-17(21)13-19/h5-8,14,17H,4,9-13,19H2,1-3H3. The predicted octanol–water partition coefficient (Wildman–Crippen LogP) is 2.73. The Balaban J connectivity index is 2.09. The first-order chi connectivity index (χ1) is 10.6. The van der Waals surface area contributed by atoms with Crippen LogP contribution in [-0.4, -0.2) is 43.5 Å². The molecule has 4 heteroatoms. The van der Waals surface area contributed by atoms with Gasteiger partial charge in [-0.3, -0.25) is 4.79 Å². The Hall–Kier alpha value is -1.55. The molecule has 1 amide bonds. The number of benzene rings is 1. The highest BCUT2D eigenvalue weighted by Gasteiger charge is 2.29. The smallest absolute Gasteiger partial charge is 0.254 e. The summed E-state index contributed by atoms with van der Waals surface area (Å²) in [4.78, 5) is 16.9. The molecule has 0 aromatic heterocycles. The highest BCUT2D eigenvalue weighted by Crippen LogP contribution is 2.24. The van der Waals surface area contributed by atoms with Crippen LogP contribution in [0, 0.1) is 5.92 Å². The van der Waals surface area contributed by atoms with Crippen molar-refractivity contribution in [2.45, 2.75) is 39.2 Å².